The number of halogens is 2. The molecule has 21 heavy (non-hydrogen) atoms. The Bertz CT molecular complexity index is 566. The van der Waals surface area contributed by atoms with Gasteiger partial charge in [-0.15, -0.1) is 23.2 Å². The predicted octanol–water partition coefficient (Wildman–Crippen LogP) is 3.59. The minimum atomic E-state index is -1.44. The van der Waals surface area contributed by atoms with Crippen molar-refractivity contribution in [3.8, 4) is 0 Å². The van der Waals surface area contributed by atoms with Crippen molar-refractivity contribution in [1.82, 2.24) is 0 Å². The van der Waals surface area contributed by atoms with Crippen LogP contribution in [0.2, 0.25) is 0 Å². The highest BCUT2D eigenvalue weighted by atomic mass is 35.5. The number of rotatable bonds is 6. The van der Waals surface area contributed by atoms with Crippen LogP contribution in [0.5, 0.6) is 0 Å². The number of Topliss-reactive ketones (excluding diaryl/α,β-unsaturated/α-hetero) is 2. The molecule has 0 unspecified atom stereocenters. The van der Waals surface area contributed by atoms with Crippen molar-refractivity contribution in [3.05, 3.63) is 71.8 Å². The van der Waals surface area contributed by atoms with Gasteiger partial charge in [0.15, 0.2) is 11.6 Å². The number of carbonyl (C=O) groups is 2. The van der Waals surface area contributed by atoms with Gasteiger partial charge in [-0.25, -0.2) is 0 Å². The second kappa shape index (κ2) is 6.88. The summed E-state index contributed by atoms with van der Waals surface area (Å²) in [7, 11) is 0. The van der Waals surface area contributed by atoms with Crippen LogP contribution in [0.4, 0.5) is 0 Å². The Labute approximate surface area is 133 Å². The van der Waals surface area contributed by atoms with E-state index in [2.05, 4.69) is 0 Å². The van der Waals surface area contributed by atoms with E-state index in [0.29, 0.717) is 11.1 Å². The van der Waals surface area contributed by atoms with Gasteiger partial charge in [-0.3, -0.25) is 9.59 Å². The fourth-order valence-corrected chi connectivity index (χ4v) is 2.94. The summed E-state index contributed by atoms with van der Waals surface area (Å²) in [6.07, 6.45) is 0. The molecule has 0 bridgehead atoms. The molecule has 4 heteroatoms. The largest absolute Gasteiger partial charge is 0.296 e. The highest BCUT2D eigenvalue weighted by Gasteiger charge is 2.47. The van der Waals surface area contributed by atoms with E-state index >= 15 is 0 Å². The average molecular weight is 321 g/mol. The third kappa shape index (κ3) is 2.74. The summed E-state index contributed by atoms with van der Waals surface area (Å²) in [5.41, 5.74) is -0.258. The molecule has 108 valence electrons. The van der Waals surface area contributed by atoms with E-state index < -0.39 is 5.41 Å². The number of alkyl halides is 2. The summed E-state index contributed by atoms with van der Waals surface area (Å²) < 4.78 is 0. The average Bonchev–Trinajstić information content (AvgIpc) is 2.57. The lowest BCUT2D eigenvalue weighted by Crippen LogP contribution is -2.46. The van der Waals surface area contributed by atoms with Gasteiger partial charge in [-0.2, -0.15) is 0 Å². The first-order chi connectivity index (χ1) is 10.2. The van der Waals surface area contributed by atoms with Gasteiger partial charge in [-0.1, -0.05) is 60.7 Å². The van der Waals surface area contributed by atoms with Crippen LogP contribution in [0.25, 0.3) is 0 Å². The van der Waals surface area contributed by atoms with Crippen LogP contribution in [0.1, 0.15) is 11.1 Å². The van der Waals surface area contributed by atoms with E-state index in [1.165, 1.54) is 0 Å². The first-order valence-electron chi connectivity index (χ1n) is 6.47. The lowest BCUT2D eigenvalue weighted by atomic mass is 9.69. The minimum absolute atomic E-state index is 0.258. The Hall–Kier alpha value is -1.64. The number of ketones is 2. The summed E-state index contributed by atoms with van der Waals surface area (Å²) in [4.78, 5) is 25.2. The Morgan fingerprint density at radius 1 is 0.714 bits per heavy atom. The van der Waals surface area contributed by atoms with E-state index in [4.69, 9.17) is 23.2 Å². The number of hydrogen-bond donors (Lipinski definition) is 0. The van der Waals surface area contributed by atoms with E-state index in [1.54, 1.807) is 48.5 Å². The summed E-state index contributed by atoms with van der Waals surface area (Å²) in [6.45, 7) is 0. The van der Waals surface area contributed by atoms with Crippen LogP contribution >= 0.6 is 23.2 Å². The third-order valence-corrected chi connectivity index (χ3v) is 3.98. The molecular weight excluding hydrogens is 307 g/mol. The van der Waals surface area contributed by atoms with Crippen LogP contribution in [0.3, 0.4) is 0 Å². The molecule has 0 saturated carbocycles. The van der Waals surface area contributed by atoms with Crippen LogP contribution in [0, 0.1) is 0 Å². The van der Waals surface area contributed by atoms with E-state index in [9.17, 15) is 9.59 Å². The van der Waals surface area contributed by atoms with Crippen molar-refractivity contribution in [1.29, 1.82) is 0 Å². The number of hydrogen-bond acceptors (Lipinski definition) is 2. The van der Waals surface area contributed by atoms with Crippen molar-refractivity contribution < 1.29 is 9.59 Å². The molecule has 2 aromatic carbocycles. The molecular formula is C17H14Cl2O2. The number of benzene rings is 2. The Balaban J connectivity index is 2.78. The van der Waals surface area contributed by atoms with Crippen molar-refractivity contribution >= 4 is 34.8 Å². The SMILES string of the molecule is O=C(CCl)C(C(=O)CCl)(c1ccccc1)c1ccccc1. The summed E-state index contributed by atoms with van der Waals surface area (Å²) in [6, 6.07) is 17.8. The third-order valence-electron chi connectivity index (χ3n) is 3.49. The fourth-order valence-electron chi connectivity index (χ4n) is 2.54. The molecule has 0 spiro atoms. The quantitative estimate of drug-likeness (QED) is 0.602. The molecule has 0 saturated heterocycles. The molecule has 0 radical (unpaired) electrons. The second-order valence-corrected chi connectivity index (χ2v) is 5.13. The normalized spacial score (nSPS) is 11.1. The number of carbonyl (C=O) groups excluding carboxylic acids is 2. The van der Waals surface area contributed by atoms with Crippen LogP contribution in [-0.4, -0.2) is 23.3 Å². The molecule has 2 nitrogen and oxygen atoms in total. The molecule has 0 atom stereocenters. The zero-order valence-electron chi connectivity index (χ0n) is 11.3. The molecule has 0 aliphatic rings. The van der Waals surface area contributed by atoms with Gasteiger partial charge in [0.1, 0.15) is 5.41 Å². The smallest absolute Gasteiger partial charge is 0.170 e. The molecule has 0 heterocycles. The molecule has 0 aliphatic carbocycles. The van der Waals surface area contributed by atoms with E-state index in [-0.39, 0.29) is 23.3 Å². The minimum Gasteiger partial charge on any atom is -0.296 e. The molecule has 2 aromatic rings. The topological polar surface area (TPSA) is 34.1 Å². The standard InChI is InChI=1S/C17H14Cl2O2/c18-11-15(20)17(16(21)12-19,13-7-3-1-4-8-13)14-9-5-2-6-10-14/h1-10H,11-12H2. The monoisotopic (exact) mass is 320 g/mol. The lowest BCUT2D eigenvalue weighted by Gasteiger charge is -2.31. The molecule has 0 aromatic heterocycles. The van der Waals surface area contributed by atoms with Gasteiger partial charge >= 0.3 is 0 Å². The van der Waals surface area contributed by atoms with Crippen LogP contribution in [0.15, 0.2) is 60.7 Å². The summed E-state index contributed by atoms with van der Waals surface area (Å²) in [5.74, 6) is -1.25. The van der Waals surface area contributed by atoms with Gasteiger partial charge in [0, 0.05) is 0 Å². The van der Waals surface area contributed by atoms with E-state index in [0.717, 1.165) is 0 Å². The van der Waals surface area contributed by atoms with Gasteiger partial charge in [-0.05, 0) is 11.1 Å². The molecule has 0 fully saturated rings. The zero-order valence-corrected chi connectivity index (χ0v) is 12.8. The summed E-state index contributed by atoms with van der Waals surface area (Å²) >= 11 is 11.6. The van der Waals surface area contributed by atoms with Crippen LogP contribution in [-0.2, 0) is 15.0 Å². The lowest BCUT2D eigenvalue weighted by molar-refractivity contribution is -0.130. The van der Waals surface area contributed by atoms with Gasteiger partial charge in [0.25, 0.3) is 0 Å². The van der Waals surface area contributed by atoms with Gasteiger partial charge < -0.3 is 0 Å². The van der Waals surface area contributed by atoms with Crippen molar-refractivity contribution in [2.75, 3.05) is 11.8 Å². The molecule has 0 N–H and O–H groups in total. The van der Waals surface area contributed by atoms with Crippen molar-refractivity contribution in [3.63, 3.8) is 0 Å². The van der Waals surface area contributed by atoms with Gasteiger partial charge in [0.05, 0.1) is 11.8 Å². The maximum absolute atomic E-state index is 12.6. The Morgan fingerprint density at radius 3 is 1.33 bits per heavy atom. The predicted molar refractivity (Wildman–Crippen MR) is 85.1 cm³/mol. The molecule has 2 rings (SSSR count). The summed E-state index contributed by atoms with van der Waals surface area (Å²) in [5, 5.41) is 0. The first kappa shape index (κ1) is 15.7. The first-order valence-corrected chi connectivity index (χ1v) is 7.54. The molecule has 0 amide bonds. The fraction of sp³-hybridized carbons (Fsp3) is 0.176. The second-order valence-electron chi connectivity index (χ2n) is 4.60. The molecule has 0 aliphatic heterocycles. The Kier molecular flexibility index (Phi) is 5.16. The highest BCUT2D eigenvalue weighted by Crippen LogP contribution is 2.35. The highest BCUT2D eigenvalue weighted by molar-refractivity contribution is 6.37. The van der Waals surface area contributed by atoms with Crippen LogP contribution < -0.4 is 0 Å². The van der Waals surface area contributed by atoms with Crippen molar-refractivity contribution in [2.24, 2.45) is 0 Å². The van der Waals surface area contributed by atoms with Gasteiger partial charge in [0.2, 0.25) is 0 Å². The maximum Gasteiger partial charge on any atom is 0.170 e. The zero-order chi connectivity index (χ0) is 15.3. The maximum atomic E-state index is 12.6. The van der Waals surface area contributed by atoms with E-state index in [1.807, 2.05) is 12.1 Å². The van der Waals surface area contributed by atoms with Crippen molar-refractivity contribution in [2.45, 2.75) is 5.41 Å². The Morgan fingerprint density at radius 2 is 1.05 bits per heavy atom.